The first-order chi connectivity index (χ1) is 10.1. The first kappa shape index (κ1) is 15.6. The number of hydrogen-bond acceptors (Lipinski definition) is 3. The summed E-state index contributed by atoms with van der Waals surface area (Å²) in [4.78, 5) is 15.9. The van der Waals surface area contributed by atoms with Gasteiger partial charge in [0.2, 0.25) is 0 Å². The van der Waals surface area contributed by atoms with Crippen LogP contribution in [0.15, 0.2) is 36.5 Å². The molecule has 0 aliphatic heterocycles. The number of hydrogen-bond donors (Lipinski definition) is 2. The van der Waals surface area contributed by atoms with Crippen molar-refractivity contribution in [3.05, 3.63) is 52.3 Å². The number of para-hydroxylation sites is 1. The van der Waals surface area contributed by atoms with Crippen LogP contribution in [-0.2, 0) is 0 Å². The van der Waals surface area contributed by atoms with Crippen LogP contribution in [0.5, 0.6) is 0 Å². The number of aromatic nitrogens is 1. The van der Waals surface area contributed by atoms with Crippen molar-refractivity contribution in [3.8, 4) is 0 Å². The highest BCUT2D eigenvalue weighted by molar-refractivity contribution is 6.39. The van der Waals surface area contributed by atoms with Crippen molar-refractivity contribution in [2.24, 2.45) is 0 Å². The standard InChI is InChI=1S/C15H15Cl2N3O/c1-2-7-19-15(21)13-9-10(6-8-18-13)20-14-11(16)4-3-5-12(14)17/h3-6,8-9H,2,7H2,1H3,(H,18,20)(H,19,21). The predicted molar refractivity (Wildman–Crippen MR) is 86.6 cm³/mol. The highest BCUT2D eigenvalue weighted by Crippen LogP contribution is 2.32. The average Bonchev–Trinajstić information content (AvgIpc) is 2.49. The van der Waals surface area contributed by atoms with Gasteiger partial charge in [0.05, 0.1) is 15.7 Å². The topological polar surface area (TPSA) is 54.0 Å². The van der Waals surface area contributed by atoms with Gasteiger partial charge < -0.3 is 10.6 Å². The number of halogens is 2. The first-order valence-corrected chi connectivity index (χ1v) is 7.32. The molecule has 0 aliphatic carbocycles. The summed E-state index contributed by atoms with van der Waals surface area (Å²) in [6.45, 7) is 2.61. The van der Waals surface area contributed by atoms with E-state index in [2.05, 4.69) is 15.6 Å². The van der Waals surface area contributed by atoms with Gasteiger partial charge in [0.25, 0.3) is 5.91 Å². The van der Waals surface area contributed by atoms with Gasteiger partial charge in [-0.05, 0) is 30.7 Å². The Morgan fingerprint density at radius 3 is 2.62 bits per heavy atom. The van der Waals surface area contributed by atoms with Gasteiger partial charge in [-0.2, -0.15) is 0 Å². The summed E-state index contributed by atoms with van der Waals surface area (Å²) in [5, 5.41) is 6.91. The Balaban J connectivity index is 2.20. The predicted octanol–water partition coefficient (Wildman–Crippen LogP) is 4.27. The SMILES string of the molecule is CCCNC(=O)c1cc(Nc2c(Cl)cccc2Cl)ccn1. The Hall–Kier alpha value is -1.78. The van der Waals surface area contributed by atoms with E-state index < -0.39 is 0 Å². The number of benzene rings is 1. The fourth-order valence-corrected chi connectivity index (χ4v) is 2.22. The number of pyridine rings is 1. The fourth-order valence-electron chi connectivity index (χ4n) is 1.72. The molecule has 2 rings (SSSR count). The molecule has 0 radical (unpaired) electrons. The van der Waals surface area contributed by atoms with E-state index in [1.165, 1.54) is 0 Å². The van der Waals surface area contributed by atoms with E-state index in [4.69, 9.17) is 23.2 Å². The number of amides is 1. The Labute approximate surface area is 133 Å². The molecule has 110 valence electrons. The molecule has 0 bridgehead atoms. The van der Waals surface area contributed by atoms with E-state index in [0.717, 1.165) is 6.42 Å². The summed E-state index contributed by atoms with van der Waals surface area (Å²) >= 11 is 12.2. The molecule has 1 amide bonds. The van der Waals surface area contributed by atoms with Crippen molar-refractivity contribution in [2.45, 2.75) is 13.3 Å². The third-order valence-electron chi connectivity index (χ3n) is 2.76. The van der Waals surface area contributed by atoms with Gasteiger partial charge in [-0.25, -0.2) is 0 Å². The van der Waals surface area contributed by atoms with Crippen molar-refractivity contribution in [3.63, 3.8) is 0 Å². The number of carbonyl (C=O) groups is 1. The summed E-state index contributed by atoms with van der Waals surface area (Å²) in [6, 6.07) is 8.66. The molecule has 21 heavy (non-hydrogen) atoms. The lowest BCUT2D eigenvalue weighted by Crippen LogP contribution is -2.24. The Morgan fingerprint density at radius 1 is 1.24 bits per heavy atom. The van der Waals surface area contributed by atoms with Crippen LogP contribution in [0.2, 0.25) is 10.0 Å². The summed E-state index contributed by atoms with van der Waals surface area (Å²) in [5.41, 5.74) is 1.64. The number of nitrogens with one attached hydrogen (secondary N) is 2. The number of nitrogens with zero attached hydrogens (tertiary/aromatic N) is 1. The molecular formula is C15H15Cl2N3O. The lowest BCUT2D eigenvalue weighted by molar-refractivity contribution is 0.0949. The Bertz CT molecular complexity index is 626. The molecule has 2 N–H and O–H groups in total. The van der Waals surface area contributed by atoms with Gasteiger partial charge in [-0.1, -0.05) is 36.2 Å². The molecule has 4 nitrogen and oxygen atoms in total. The van der Waals surface area contributed by atoms with Gasteiger partial charge in [0, 0.05) is 18.4 Å². The number of carbonyl (C=O) groups excluding carboxylic acids is 1. The zero-order valence-electron chi connectivity index (χ0n) is 11.5. The third-order valence-corrected chi connectivity index (χ3v) is 3.39. The molecular weight excluding hydrogens is 309 g/mol. The summed E-state index contributed by atoms with van der Waals surface area (Å²) in [7, 11) is 0. The van der Waals surface area contributed by atoms with Crippen LogP contribution in [-0.4, -0.2) is 17.4 Å². The van der Waals surface area contributed by atoms with Crippen LogP contribution in [0.25, 0.3) is 0 Å². The minimum Gasteiger partial charge on any atom is -0.353 e. The van der Waals surface area contributed by atoms with Crippen LogP contribution in [0.3, 0.4) is 0 Å². The van der Waals surface area contributed by atoms with E-state index in [1.54, 1.807) is 36.5 Å². The average molecular weight is 324 g/mol. The molecule has 0 saturated heterocycles. The highest BCUT2D eigenvalue weighted by Gasteiger charge is 2.09. The largest absolute Gasteiger partial charge is 0.353 e. The molecule has 0 atom stereocenters. The summed E-state index contributed by atoms with van der Waals surface area (Å²) in [5.74, 6) is -0.203. The molecule has 0 saturated carbocycles. The van der Waals surface area contributed by atoms with Crippen molar-refractivity contribution in [1.29, 1.82) is 0 Å². The molecule has 0 aliphatic rings. The molecule has 6 heteroatoms. The highest BCUT2D eigenvalue weighted by atomic mass is 35.5. The number of rotatable bonds is 5. The second-order valence-electron chi connectivity index (χ2n) is 4.41. The molecule has 1 aromatic carbocycles. The molecule has 0 spiro atoms. The Morgan fingerprint density at radius 2 is 1.95 bits per heavy atom. The zero-order valence-corrected chi connectivity index (χ0v) is 13.0. The molecule has 0 fully saturated rings. The van der Waals surface area contributed by atoms with Gasteiger partial charge in [0.1, 0.15) is 5.69 Å². The monoisotopic (exact) mass is 323 g/mol. The van der Waals surface area contributed by atoms with Crippen molar-refractivity contribution < 1.29 is 4.79 Å². The minimum absolute atomic E-state index is 0.203. The molecule has 1 aromatic heterocycles. The quantitative estimate of drug-likeness (QED) is 0.863. The first-order valence-electron chi connectivity index (χ1n) is 6.57. The maximum atomic E-state index is 11.9. The van der Waals surface area contributed by atoms with E-state index in [0.29, 0.717) is 33.7 Å². The van der Waals surface area contributed by atoms with Gasteiger partial charge in [-0.3, -0.25) is 9.78 Å². The molecule has 0 unspecified atom stereocenters. The van der Waals surface area contributed by atoms with Gasteiger partial charge in [0.15, 0.2) is 0 Å². The van der Waals surface area contributed by atoms with E-state index in [1.807, 2.05) is 6.92 Å². The normalized spacial score (nSPS) is 10.2. The second kappa shape index (κ2) is 7.29. The van der Waals surface area contributed by atoms with Crippen molar-refractivity contribution >= 4 is 40.5 Å². The van der Waals surface area contributed by atoms with Crippen LogP contribution in [0.1, 0.15) is 23.8 Å². The van der Waals surface area contributed by atoms with Gasteiger partial charge in [-0.15, -0.1) is 0 Å². The third kappa shape index (κ3) is 4.09. The van der Waals surface area contributed by atoms with Gasteiger partial charge >= 0.3 is 0 Å². The lowest BCUT2D eigenvalue weighted by Gasteiger charge is -2.11. The fraction of sp³-hybridized carbons (Fsp3) is 0.200. The molecule has 1 heterocycles. The van der Waals surface area contributed by atoms with E-state index in [9.17, 15) is 4.79 Å². The minimum atomic E-state index is -0.203. The number of anilines is 2. The zero-order chi connectivity index (χ0) is 15.2. The van der Waals surface area contributed by atoms with Crippen LogP contribution >= 0.6 is 23.2 Å². The summed E-state index contributed by atoms with van der Waals surface area (Å²) < 4.78 is 0. The lowest BCUT2D eigenvalue weighted by atomic mass is 10.2. The van der Waals surface area contributed by atoms with Crippen LogP contribution in [0.4, 0.5) is 11.4 Å². The second-order valence-corrected chi connectivity index (χ2v) is 5.22. The van der Waals surface area contributed by atoms with E-state index in [-0.39, 0.29) is 5.91 Å². The van der Waals surface area contributed by atoms with E-state index >= 15 is 0 Å². The maximum absolute atomic E-state index is 11.9. The smallest absolute Gasteiger partial charge is 0.269 e. The maximum Gasteiger partial charge on any atom is 0.269 e. The Kier molecular flexibility index (Phi) is 5.42. The van der Waals surface area contributed by atoms with Crippen molar-refractivity contribution in [2.75, 3.05) is 11.9 Å². The van der Waals surface area contributed by atoms with Crippen LogP contribution in [0, 0.1) is 0 Å². The molecule has 2 aromatic rings. The van der Waals surface area contributed by atoms with Crippen molar-refractivity contribution in [1.82, 2.24) is 10.3 Å². The summed E-state index contributed by atoms with van der Waals surface area (Å²) in [6.07, 6.45) is 2.44. The van der Waals surface area contributed by atoms with Crippen LogP contribution < -0.4 is 10.6 Å².